The lowest BCUT2D eigenvalue weighted by atomic mass is 10.2. The van der Waals surface area contributed by atoms with E-state index in [-0.39, 0.29) is 17.0 Å². The van der Waals surface area contributed by atoms with Gasteiger partial charge in [0.25, 0.3) is 0 Å². The van der Waals surface area contributed by atoms with Gasteiger partial charge in [-0.3, -0.25) is 9.67 Å². The third-order valence-electron chi connectivity index (χ3n) is 4.52. The van der Waals surface area contributed by atoms with Crippen LogP contribution in [0.3, 0.4) is 0 Å². The summed E-state index contributed by atoms with van der Waals surface area (Å²) in [6.45, 7) is 0. The number of benzene rings is 1. The van der Waals surface area contributed by atoms with Crippen molar-refractivity contribution in [2.24, 2.45) is 0 Å². The molecule has 0 amide bonds. The number of fused-ring (bicyclic) bond motifs is 2. The molecule has 1 aromatic carbocycles. The highest BCUT2D eigenvalue weighted by Gasteiger charge is 2.35. The summed E-state index contributed by atoms with van der Waals surface area (Å²) in [6.07, 6.45) is -2.72. The molecule has 1 N–H and O–H groups in total. The lowest BCUT2D eigenvalue weighted by Crippen LogP contribution is -2.09. The Hall–Kier alpha value is -2.97. The molecule has 9 heteroatoms. The molecular formula is C17H11F4N5. The molecule has 0 atom stereocenters. The Morgan fingerprint density at radius 3 is 2.62 bits per heavy atom. The number of rotatable bonds is 2. The van der Waals surface area contributed by atoms with Gasteiger partial charge in [0.2, 0.25) is 5.95 Å². The molecule has 1 aliphatic carbocycles. The first-order valence-electron chi connectivity index (χ1n) is 8.02. The quantitative estimate of drug-likeness (QED) is 0.541. The fraction of sp³-hybridized carbons (Fsp3) is 0.235. The van der Waals surface area contributed by atoms with Crippen LogP contribution in [-0.4, -0.2) is 24.7 Å². The van der Waals surface area contributed by atoms with Gasteiger partial charge in [0, 0.05) is 11.6 Å². The molecule has 0 spiro atoms. The third-order valence-corrected chi connectivity index (χ3v) is 4.52. The third kappa shape index (κ3) is 2.27. The Bertz CT molecular complexity index is 1150. The fourth-order valence-corrected chi connectivity index (χ4v) is 3.11. The van der Waals surface area contributed by atoms with Crippen molar-refractivity contribution >= 4 is 22.1 Å². The standard InChI is InChI=1S/C17H11F4N5/c18-14-10-7-9(3-4-11(10)24-25-14)26-15(8-1-2-8)22-12-5-6-13(17(19,20)21)23-16(12)26/h3-8H,1-2H2,(H,24,25). The SMILES string of the molecule is Fc1n[nH]c2ccc(-n3c(C4CC4)nc4ccc(C(F)(F)F)nc43)cc12. The van der Waals surface area contributed by atoms with Gasteiger partial charge in [0.05, 0.1) is 10.9 Å². The number of aromatic nitrogens is 5. The average Bonchev–Trinajstić information content (AvgIpc) is 3.29. The highest BCUT2D eigenvalue weighted by atomic mass is 19.4. The number of hydrogen-bond acceptors (Lipinski definition) is 3. The van der Waals surface area contributed by atoms with E-state index in [0.29, 0.717) is 22.5 Å². The van der Waals surface area contributed by atoms with Crippen LogP contribution in [0.4, 0.5) is 17.6 Å². The molecule has 0 saturated heterocycles. The van der Waals surface area contributed by atoms with Gasteiger partial charge in [0.1, 0.15) is 17.0 Å². The summed E-state index contributed by atoms with van der Waals surface area (Å²) in [7, 11) is 0. The first kappa shape index (κ1) is 15.3. The lowest BCUT2D eigenvalue weighted by molar-refractivity contribution is -0.141. The van der Waals surface area contributed by atoms with Crippen molar-refractivity contribution in [3.05, 3.63) is 47.8 Å². The van der Waals surface area contributed by atoms with Gasteiger partial charge in [-0.05, 0) is 43.2 Å². The first-order valence-corrected chi connectivity index (χ1v) is 8.02. The van der Waals surface area contributed by atoms with E-state index < -0.39 is 17.8 Å². The van der Waals surface area contributed by atoms with E-state index >= 15 is 0 Å². The molecule has 3 aromatic heterocycles. The molecule has 4 aromatic rings. The second-order valence-electron chi connectivity index (χ2n) is 6.36. The minimum Gasteiger partial charge on any atom is -0.280 e. The number of pyridine rings is 1. The molecule has 0 unspecified atom stereocenters. The number of nitrogens with zero attached hydrogens (tertiary/aromatic N) is 4. The van der Waals surface area contributed by atoms with Crippen molar-refractivity contribution in [1.82, 2.24) is 24.7 Å². The molecule has 1 saturated carbocycles. The normalized spacial score (nSPS) is 15.2. The molecule has 3 heterocycles. The largest absolute Gasteiger partial charge is 0.433 e. The number of hydrogen-bond donors (Lipinski definition) is 1. The summed E-state index contributed by atoms with van der Waals surface area (Å²) < 4.78 is 54.7. The molecule has 1 fully saturated rings. The number of H-pyrrole nitrogens is 1. The van der Waals surface area contributed by atoms with Gasteiger partial charge in [0.15, 0.2) is 5.65 Å². The molecule has 5 rings (SSSR count). The number of nitrogens with one attached hydrogen (secondary N) is 1. The maximum absolute atomic E-state index is 13.8. The molecule has 0 radical (unpaired) electrons. The van der Waals surface area contributed by atoms with Crippen molar-refractivity contribution in [2.45, 2.75) is 24.9 Å². The van der Waals surface area contributed by atoms with E-state index in [1.54, 1.807) is 22.8 Å². The summed E-state index contributed by atoms with van der Waals surface area (Å²) in [4.78, 5) is 8.28. The monoisotopic (exact) mass is 361 g/mol. The van der Waals surface area contributed by atoms with E-state index in [1.165, 1.54) is 6.07 Å². The Labute approximate surface area is 143 Å². The molecule has 0 aliphatic heterocycles. The number of aromatic amines is 1. The molecular weight excluding hydrogens is 350 g/mol. The Kier molecular flexibility index (Phi) is 2.96. The molecule has 5 nitrogen and oxygen atoms in total. The van der Waals surface area contributed by atoms with Gasteiger partial charge in [-0.1, -0.05) is 0 Å². The van der Waals surface area contributed by atoms with Crippen LogP contribution in [0.1, 0.15) is 30.3 Å². The van der Waals surface area contributed by atoms with Gasteiger partial charge in [-0.2, -0.15) is 17.6 Å². The van der Waals surface area contributed by atoms with Crippen LogP contribution in [-0.2, 0) is 6.18 Å². The Balaban J connectivity index is 1.80. The fourth-order valence-electron chi connectivity index (χ4n) is 3.11. The van der Waals surface area contributed by atoms with Gasteiger partial charge in [-0.15, -0.1) is 5.10 Å². The zero-order valence-corrected chi connectivity index (χ0v) is 13.2. The van der Waals surface area contributed by atoms with Crippen molar-refractivity contribution in [1.29, 1.82) is 0 Å². The van der Waals surface area contributed by atoms with Crippen LogP contribution in [0.5, 0.6) is 0 Å². The van der Waals surface area contributed by atoms with E-state index in [9.17, 15) is 17.6 Å². The predicted octanol–water partition coefficient (Wildman–Crippen LogP) is 4.33. The summed E-state index contributed by atoms with van der Waals surface area (Å²) in [5, 5.41) is 6.34. The summed E-state index contributed by atoms with van der Waals surface area (Å²) in [5.74, 6) is 0.154. The van der Waals surface area contributed by atoms with Crippen LogP contribution in [0.2, 0.25) is 0 Å². The highest BCUT2D eigenvalue weighted by Crippen LogP contribution is 2.42. The topological polar surface area (TPSA) is 59.4 Å². The van der Waals surface area contributed by atoms with Crippen LogP contribution in [0.25, 0.3) is 27.8 Å². The maximum Gasteiger partial charge on any atom is 0.433 e. The maximum atomic E-state index is 13.8. The molecule has 132 valence electrons. The van der Waals surface area contributed by atoms with Crippen molar-refractivity contribution in [3.63, 3.8) is 0 Å². The van der Waals surface area contributed by atoms with Gasteiger partial charge < -0.3 is 0 Å². The minimum absolute atomic E-state index is 0.116. The van der Waals surface area contributed by atoms with Crippen molar-refractivity contribution in [2.75, 3.05) is 0 Å². The smallest absolute Gasteiger partial charge is 0.280 e. The average molecular weight is 361 g/mol. The summed E-state index contributed by atoms with van der Waals surface area (Å²) >= 11 is 0. The molecule has 0 bridgehead atoms. The minimum atomic E-state index is -4.55. The van der Waals surface area contributed by atoms with Crippen molar-refractivity contribution < 1.29 is 17.6 Å². The van der Waals surface area contributed by atoms with Gasteiger partial charge >= 0.3 is 6.18 Å². The molecule has 1 aliphatic rings. The highest BCUT2D eigenvalue weighted by molar-refractivity contribution is 5.82. The zero-order valence-electron chi connectivity index (χ0n) is 13.2. The number of halogens is 4. The molecule has 26 heavy (non-hydrogen) atoms. The number of imidazole rings is 1. The van der Waals surface area contributed by atoms with E-state index in [2.05, 4.69) is 20.2 Å². The lowest BCUT2D eigenvalue weighted by Gasteiger charge is -2.10. The second-order valence-corrected chi connectivity index (χ2v) is 6.36. The van der Waals surface area contributed by atoms with Crippen molar-refractivity contribution in [3.8, 4) is 5.69 Å². The number of alkyl halides is 3. The zero-order chi connectivity index (χ0) is 18.1. The van der Waals surface area contributed by atoms with Crippen LogP contribution in [0.15, 0.2) is 30.3 Å². The van der Waals surface area contributed by atoms with E-state index in [0.717, 1.165) is 18.9 Å². The van der Waals surface area contributed by atoms with E-state index in [4.69, 9.17) is 0 Å². The van der Waals surface area contributed by atoms with Crippen LogP contribution < -0.4 is 0 Å². The van der Waals surface area contributed by atoms with Gasteiger partial charge in [-0.25, -0.2) is 9.97 Å². The second kappa shape index (κ2) is 5.03. The predicted molar refractivity (Wildman–Crippen MR) is 85.5 cm³/mol. The Morgan fingerprint density at radius 1 is 1.08 bits per heavy atom. The van der Waals surface area contributed by atoms with Crippen LogP contribution >= 0.6 is 0 Å². The summed E-state index contributed by atoms with van der Waals surface area (Å²) in [6, 6.07) is 7.12. The first-order chi connectivity index (χ1) is 12.4. The van der Waals surface area contributed by atoms with E-state index in [1.807, 2.05) is 0 Å². The Morgan fingerprint density at radius 2 is 1.88 bits per heavy atom. The van der Waals surface area contributed by atoms with Crippen LogP contribution in [0, 0.1) is 5.95 Å². The summed E-state index contributed by atoms with van der Waals surface area (Å²) in [5.41, 5.74) is 0.531.